The topological polar surface area (TPSA) is 12.9 Å². The fourth-order valence-corrected chi connectivity index (χ4v) is 2.97. The second-order valence-electron chi connectivity index (χ2n) is 5.00. The summed E-state index contributed by atoms with van der Waals surface area (Å²) in [5, 5.41) is 0. The van der Waals surface area contributed by atoms with E-state index in [1.807, 2.05) is 24.3 Å². The van der Waals surface area contributed by atoms with Crippen LogP contribution in [0.25, 0.3) is 5.57 Å². The summed E-state index contributed by atoms with van der Waals surface area (Å²) >= 11 is 0. The molecule has 3 rings (SSSR count). The standard InChI is InChI=1S/C17H16FN2/c1-3-10-20(17-8-9-19-11-15(17)18)12-13(2)14-6-4-5-7-16(14)20/h3-9,11-12H,1,10H2,2H3/q+1. The van der Waals surface area contributed by atoms with Crippen molar-refractivity contribution in [2.24, 2.45) is 0 Å². The van der Waals surface area contributed by atoms with Gasteiger partial charge in [-0.05, 0) is 19.1 Å². The number of allylic oxidation sites excluding steroid dienone is 1. The Balaban J connectivity index is 2.31. The first-order valence-electron chi connectivity index (χ1n) is 6.57. The Bertz CT molecular complexity index is 706. The van der Waals surface area contributed by atoms with Gasteiger partial charge in [-0.3, -0.25) is 4.98 Å². The van der Waals surface area contributed by atoms with Crippen LogP contribution >= 0.6 is 0 Å². The van der Waals surface area contributed by atoms with E-state index in [0.717, 1.165) is 16.8 Å². The third kappa shape index (κ3) is 1.71. The SMILES string of the molecule is C=CC[N+]1(c2ccncc2F)C=C(C)c2ccccc21. The first-order valence-corrected chi connectivity index (χ1v) is 6.57. The molecule has 0 radical (unpaired) electrons. The lowest BCUT2D eigenvalue weighted by Crippen LogP contribution is -2.37. The Kier molecular flexibility index (Phi) is 2.99. The average Bonchev–Trinajstić information content (AvgIpc) is 2.74. The molecular weight excluding hydrogens is 251 g/mol. The number of hydrogen-bond donors (Lipinski definition) is 0. The Morgan fingerprint density at radius 1 is 1.25 bits per heavy atom. The van der Waals surface area contributed by atoms with Crippen molar-refractivity contribution in [2.75, 3.05) is 6.54 Å². The molecule has 0 amide bonds. The molecule has 1 aliphatic rings. The number of rotatable bonds is 3. The summed E-state index contributed by atoms with van der Waals surface area (Å²) < 4.78 is 14.6. The predicted molar refractivity (Wildman–Crippen MR) is 80.8 cm³/mol. The van der Waals surface area contributed by atoms with Gasteiger partial charge in [0.15, 0.2) is 11.4 Å². The second-order valence-corrected chi connectivity index (χ2v) is 5.00. The summed E-state index contributed by atoms with van der Waals surface area (Å²) in [7, 11) is 0. The summed E-state index contributed by atoms with van der Waals surface area (Å²) in [5.74, 6) is -0.296. The Morgan fingerprint density at radius 3 is 2.80 bits per heavy atom. The van der Waals surface area contributed by atoms with Gasteiger partial charge in [0, 0.05) is 29.5 Å². The first kappa shape index (κ1) is 12.8. The van der Waals surface area contributed by atoms with Crippen LogP contribution in [0.3, 0.4) is 0 Å². The van der Waals surface area contributed by atoms with Crippen molar-refractivity contribution in [3.63, 3.8) is 0 Å². The maximum atomic E-state index is 14.3. The summed E-state index contributed by atoms with van der Waals surface area (Å²) in [6.07, 6.45) is 6.81. The molecule has 0 spiro atoms. The second kappa shape index (κ2) is 4.69. The molecule has 1 atom stereocenters. The fourth-order valence-electron chi connectivity index (χ4n) is 2.97. The highest BCUT2D eigenvalue weighted by atomic mass is 19.1. The van der Waals surface area contributed by atoms with E-state index in [9.17, 15) is 4.39 Å². The molecule has 0 N–H and O–H groups in total. The van der Waals surface area contributed by atoms with E-state index in [1.165, 1.54) is 6.20 Å². The lowest BCUT2D eigenvalue weighted by atomic mass is 10.1. The molecule has 2 heterocycles. The summed E-state index contributed by atoms with van der Waals surface area (Å²) in [5.41, 5.74) is 3.99. The molecule has 1 aliphatic heterocycles. The van der Waals surface area contributed by atoms with E-state index in [4.69, 9.17) is 0 Å². The summed E-state index contributed by atoms with van der Waals surface area (Å²) in [4.78, 5) is 3.85. The van der Waals surface area contributed by atoms with E-state index in [-0.39, 0.29) is 5.82 Å². The molecule has 3 heteroatoms. The third-order valence-corrected chi connectivity index (χ3v) is 3.77. The molecule has 2 nitrogen and oxygen atoms in total. The van der Waals surface area contributed by atoms with E-state index in [1.54, 1.807) is 12.3 Å². The molecule has 0 bridgehead atoms. The average molecular weight is 267 g/mol. The normalized spacial score (nSPS) is 20.4. The smallest absolute Gasteiger partial charge is 0.202 e. The molecule has 100 valence electrons. The number of para-hydroxylation sites is 1. The van der Waals surface area contributed by atoms with Crippen LogP contribution in [0.5, 0.6) is 0 Å². The molecule has 0 saturated heterocycles. The molecule has 2 aromatic rings. The van der Waals surface area contributed by atoms with Crippen LogP contribution in [0.4, 0.5) is 15.8 Å². The highest BCUT2D eigenvalue weighted by Gasteiger charge is 2.40. The van der Waals surface area contributed by atoms with Crippen molar-refractivity contribution in [1.82, 2.24) is 9.47 Å². The predicted octanol–water partition coefficient (Wildman–Crippen LogP) is 4.42. The molecule has 20 heavy (non-hydrogen) atoms. The van der Waals surface area contributed by atoms with Crippen molar-refractivity contribution in [1.29, 1.82) is 0 Å². The van der Waals surface area contributed by atoms with Gasteiger partial charge in [0.2, 0.25) is 5.82 Å². The van der Waals surface area contributed by atoms with Crippen LogP contribution in [-0.2, 0) is 0 Å². The molecule has 0 saturated carbocycles. The molecule has 0 fully saturated rings. The van der Waals surface area contributed by atoms with E-state index >= 15 is 0 Å². The highest BCUT2D eigenvalue weighted by Crippen LogP contribution is 2.46. The van der Waals surface area contributed by atoms with Crippen LogP contribution in [-0.4, -0.2) is 11.5 Å². The van der Waals surface area contributed by atoms with Gasteiger partial charge in [0.05, 0.1) is 6.20 Å². The number of benzene rings is 1. The molecule has 1 aromatic heterocycles. The summed E-state index contributed by atoms with van der Waals surface area (Å²) in [6.45, 7) is 6.50. The molecule has 1 unspecified atom stereocenters. The van der Waals surface area contributed by atoms with Gasteiger partial charge in [0.1, 0.15) is 12.7 Å². The zero-order valence-electron chi connectivity index (χ0n) is 11.4. The third-order valence-electron chi connectivity index (χ3n) is 3.77. The number of pyridine rings is 1. The van der Waals surface area contributed by atoms with Gasteiger partial charge in [-0.15, -0.1) is 0 Å². The van der Waals surface area contributed by atoms with Crippen LogP contribution < -0.4 is 4.48 Å². The zero-order chi connectivity index (χ0) is 14.2. The number of aromatic nitrogens is 1. The van der Waals surface area contributed by atoms with E-state index in [0.29, 0.717) is 16.7 Å². The van der Waals surface area contributed by atoms with E-state index in [2.05, 4.69) is 30.8 Å². The lowest BCUT2D eigenvalue weighted by molar-refractivity contribution is 0.517. The zero-order valence-corrected chi connectivity index (χ0v) is 11.4. The monoisotopic (exact) mass is 267 g/mol. The van der Waals surface area contributed by atoms with Gasteiger partial charge in [-0.2, -0.15) is 4.39 Å². The number of fused-ring (bicyclic) bond motifs is 1. The number of hydrogen-bond acceptors (Lipinski definition) is 1. The van der Waals surface area contributed by atoms with Gasteiger partial charge < -0.3 is 0 Å². The van der Waals surface area contributed by atoms with Crippen LogP contribution in [0.1, 0.15) is 12.5 Å². The fraction of sp³-hybridized carbons (Fsp3) is 0.118. The molecular formula is C17H16FN2+. The lowest BCUT2D eigenvalue weighted by Gasteiger charge is -2.30. The summed E-state index contributed by atoms with van der Waals surface area (Å²) in [6, 6.07) is 9.85. The number of quaternary nitrogens is 1. The Hall–Kier alpha value is -2.26. The Morgan fingerprint density at radius 2 is 2.05 bits per heavy atom. The van der Waals surface area contributed by atoms with Crippen LogP contribution in [0.15, 0.2) is 61.6 Å². The Labute approximate surface area is 118 Å². The maximum absolute atomic E-state index is 14.3. The minimum absolute atomic E-state index is 0.296. The van der Waals surface area contributed by atoms with Gasteiger partial charge in [-0.25, -0.2) is 4.48 Å². The van der Waals surface area contributed by atoms with Crippen molar-refractivity contribution in [2.45, 2.75) is 6.92 Å². The van der Waals surface area contributed by atoms with Crippen molar-refractivity contribution in [3.8, 4) is 0 Å². The van der Waals surface area contributed by atoms with Crippen molar-refractivity contribution < 1.29 is 4.39 Å². The minimum Gasteiger partial charge on any atom is -0.261 e. The van der Waals surface area contributed by atoms with Gasteiger partial charge in [-0.1, -0.05) is 18.7 Å². The van der Waals surface area contributed by atoms with E-state index < -0.39 is 0 Å². The van der Waals surface area contributed by atoms with Crippen molar-refractivity contribution in [3.05, 3.63) is 73.0 Å². The number of halogens is 1. The van der Waals surface area contributed by atoms with Gasteiger partial charge >= 0.3 is 0 Å². The molecule has 1 aromatic carbocycles. The minimum atomic E-state index is -0.296. The van der Waals surface area contributed by atoms with Crippen molar-refractivity contribution >= 4 is 16.9 Å². The first-order chi connectivity index (χ1) is 9.69. The van der Waals surface area contributed by atoms with Crippen LogP contribution in [0, 0.1) is 5.82 Å². The molecule has 0 aliphatic carbocycles. The maximum Gasteiger partial charge on any atom is 0.202 e. The quantitative estimate of drug-likeness (QED) is 0.592. The van der Waals surface area contributed by atoms with Crippen LogP contribution in [0.2, 0.25) is 0 Å². The van der Waals surface area contributed by atoms with Gasteiger partial charge in [0.25, 0.3) is 0 Å². The largest absolute Gasteiger partial charge is 0.261 e. The number of nitrogens with zero attached hydrogens (tertiary/aromatic N) is 2. The highest BCUT2D eigenvalue weighted by molar-refractivity contribution is 5.85.